The van der Waals surface area contributed by atoms with E-state index in [0.717, 1.165) is 6.54 Å². The number of hydrogen-bond donors (Lipinski definition) is 0. The van der Waals surface area contributed by atoms with Crippen molar-refractivity contribution in [2.45, 2.75) is 0 Å². The molecule has 0 aliphatic carbocycles. The molecule has 0 bridgehead atoms. The Kier molecular flexibility index (Phi) is 2.58. The predicted octanol–water partition coefficient (Wildman–Crippen LogP) is -0.181. The van der Waals surface area contributed by atoms with E-state index >= 15 is 0 Å². The van der Waals surface area contributed by atoms with Gasteiger partial charge in [0.2, 0.25) is 9.76 Å². The zero-order chi connectivity index (χ0) is 5.82. The van der Waals surface area contributed by atoms with Crippen molar-refractivity contribution in [3.05, 3.63) is 0 Å². The fourth-order valence-electron chi connectivity index (χ4n) is 0.590. The first kappa shape index (κ1) is 6.32. The third-order valence-corrected chi connectivity index (χ3v) is 3.49. The van der Waals surface area contributed by atoms with Gasteiger partial charge in [-0.2, -0.15) is 0 Å². The maximum atomic E-state index is 5.01. The highest BCUT2D eigenvalue weighted by Crippen LogP contribution is 2.09. The third-order valence-electron chi connectivity index (χ3n) is 0.916. The maximum absolute atomic E-state index is 5.01. The first-order valence-electron chi connectivity index (χ1n) is 2.58. The van der Waals surface area contributed by atoms with Crippen molar-refractivity contribution >= 4 is 26.2 Å². The van der Waals surface area contributed by atoms with Crippen molar-refractivity contribution in [2.75, 3.05) is 19.4 Å². The fourth-order valence-corrected chi connectivity index (χ4v) is 2.81. The van der Waals surface area contributed by atoms with E-state index in [2.05, 4.69) is 4.99 Å². The number of thioether (sulfide) groups is 1. The van der Waals surface area contributed by atoms with Crippen LogP contribution in [0.3, 0.4) is 0 Å². The molecule has 0 unspecified atom stereocenters. The molecule has 1 aliphatic heterocycles. The summed E-state index contributed by atoms with van der Waals surface area (Å²) in [5.41, 5.74) is 0. The number of aliphatic imine (C=N–C) groups is 1. The van der Waals surface area contributed by atoms with E-state index in [1.807, 2.05) is 11.8 Å². The quantitative estimate of drug-likeness (QED) is 0.505. The average Bonchev–Trinajstić information content (AvgIpc) is 2.19. The van der Waals surface area contributed by atoms with Crippen LogP contribution in [0, 0.1) is 0 Å². The molecule has 0 aromatic rings. The lowest BCUT2D eigenvalue weighted by atomic mass is 10.8. The largest absolute Gasteiger partial charge is 0.419 e. The zero-order valence-electron chi connectivity index (χ0n) is 4.89. The minimum Gasteiger partial charge on any atom is -0.419 e. The Morgan fingerprint density at radius 2 is 2.75 bits per heavy atom. The molecule has 0 saturated carbocycles. The summed E-state index contributed by atoms with van der Waals surface area (Å²) in [4.78, 5) is 4.24. The first-order valence-corrected chi connectivity index (χ1v) is 4.85. The van der Waals surface area contributed by atoms with Gasteiger partial charge in [-0.15, -0.1) is 11.8 Å². The molecular weight excluding hydrogens is 138 g/mol. The summed E-state index contributed by atoms with van der Waals surface area (Å²) in [6.45, 7) is 1.01. The lowest BCUT2D eigenvalue weighted by Crippen LogP contribution is -2.03. The third kappa shape index (κ3) is 1.61. The van der Waals surface area contributed by atoms with Crippen LogP contribution in [-0.4, -0.2) is 33.8 Å². The molecule has 0 aromatic heterocycles. The lowest BCUT2D eigenvalue weighted by molar-refractivity contribution is 0.453. The van der Waals surface area contributed by atoms with Gasteiger partial charge in [0, 0.05) is 19.4 Å². The van der Waals surface area contributed by atoms with E-state index in [-0.39, 0.29) is 9.76 Å². The second-order valence-corrected chi connectivity index (χ2v) is 4.77. The molecule has 0 N–H and O–H groups in total. The number of nitrogens with zero attached hydrogens (tertiary/aromatic N) is 1. The molecule has 2 nitrogen and oxygen atoms in total. The van der Waals surface area contributed by atoms with Gasteiger partial charge >= 0.3 is 0 Å². The summed E-state index contributed by atoms with van der Waals surface area (Å²) in [5, 5.41) is 0. The maximum Gasteiger partial charge on any atom is 0.219 e. The van der Waals surface area contributed by atoms with Crippen LogP contribution in [-0.2, 0) is 4.43 Å². The molecule has 46 valence electrons. The molecular formula is C4H9NOSSi. The highest BCUT2D eigenvalue weighted by Gasteiger charge is 2.05. The van der Waals surface area contributed by atoms with Crippen molar-refractivity contribution in [3.8, 4) is 0 Å². The summed E-state index contributed by atoms with van der Waals surface area (Å²) < 4.78 is 6.30. The molecule has 8 heavy (non-hydrogen) atoms. The van der Waals surface area contributed by atoms with Crippen LogP contribution in [0.25, 0.3) is 0 Å². The van der Waals surface area contributed by atoms with Gasteiger partial charge in [-0.05, 0) is 0 Å². The number of hydrogen-bond acceptors (Lipinski definition) is 3. The normalized spacial score (nSPS) is 20.4. The molecule has 4 heteroatoms. The van der Waals surface area contributed by atoms with Gasteiger partial charge in [-0.3, -0.25) is 4.99 Å². The van der Waals surface area contributed by atoms with Gasteiger partial charge in [0.15, 0.2) is 0 Å². The van der Waals surface area contributed by atoms with Crippen molar-refractivity contribution in [1.29, 1.82) is 0 Å². The second kappa shape index (κ2) is 3.27. The van der Waals surface area contributed by atoms with E-state index in [0.29, 0.717) is 0 Å². The van der Waals surface area contributed by atoms with E-state index in [1.54, 1.807) is 7.11 Å². The summed E-state index contributed by atoms with van der Waals surface area (Å²) in [6, 6.07) is 0. The summed E-state index contributed by atoms with van der Waals surface area (Å²) in [5.74, 6) is 1.17. The van der Waals surface area contributed by atoms with Crippen molar-refractivity contribution in [3.63, 3.8) is 0 Å². The van der Waals surface area contributed by atoms with Gasteiger partial charge in [-0.1, -0.05) is 0 Å². The topological polar surface area (TPSA) is 21.6 Å². The fraction of sp³-hybridized carbons (Fsp3) is 0.750. The minimum atomic E-state index is -0.389. The molecule has 0 atom stereocenters. The Labute approximate surface area is 55.7 Å². The van der Waals surface area contributed by atoms with E-state index in [1.165, 1.54) is 10.4 Å². The second-order valence-electron chi connectivity index (χ2n) is 1.56. The molecule has 0 amide bonds. The predicted molar refractivity (Wildman–Crippen MR) is 40.3 cm³/mol. The molecule has 1 aliphatic rings. The molecule has 0 radical (unpaired) electrons. The molecule has 1 heterocycles. The molecule has 0 aromatic carbocycles. The zero-order valence-corrected chi connectivity index (χ0v) is 7.12. The highest BCUT2D eigenvalue weighted by molar-refractivity contribution is 8.17. The van der Waals surface area contributed by atoms with E-state index in [9.17, 15) is 0 Å². The van der Waals surface area contributed by atoms with E-state index < -0.39 is 0 Å². The molecule has 0 fully saturated rings. The van der Waals surface area contributed by atoms with Crippen molar-refractivity contribution < 1.29 is 4.43 Å². The molecule has 1 rings (SSSR count). The minimum absolute atomic E-state index is 0.389. The van der Waals surface area contributed by atoms with Crippen molar-refractivity contribution in [2.24, 2.45) is 4.99 Å². The molecule has 0 spiro atoms. The van der Waals surface area contributed by atoms with E-state index in [4.69, 9.17) is 4.43 Å². The van der Waals surface area contributed by atoms with Crippen LogP contribution in [0.2, 0.25) is 0 Å². The summed E-state index contributed by atoms with van der Waals surface area (Å²) >= 11 is 1.85. The first-order chi connectivity index (χ1) is 3.93. The Morgan fingerprint density at radius 3 is 3.25 bits per heavy atom. The summed E-state index contributed by atoms with van der Waals surface area (Å²) in [6.07, 6.45) is 0. The Hall–Kier alpha value is 0.197. The summed E-state index contributed by atoms with van der Waals surface area (Å²) in [7, 11) is 1.37. The van der Waals surface area contributed by atoms with Gasteiger partial charge in [-0.25, -0.2) is 0 Å². The van der Waals surface area contributed by atoms with Gasteiger partial charge < -0.3 is 4.43 Å². The highest BCUT2D eigenvalue weighted by atomic mass is 32.2. The van der Waals surface area contributed by atoms with Crippen LogP contribution in [0.5, 0.6) is 0 Å². The van der Waals surface area contributed by atoms with Crippen LogP contribution >= 0.6 is 11.8 Å². The van der Waals surface area contributed by atoms with Crippen LogP contribution in [0.15, 0.2) is 4.99 Å². The van der Waals surface area contributed by atoms with Crippen LogP contribution in [0.1, 0.15) is 0 Å². The van der Waals surface area contributed by atoms with Gasteiger partial charge in [0.05, 0.1) is 4.67 Å². The van der Waals surface area contributed by atoms with Gasteiger partial charge in [0.1, 0.15) is 0 Å². The average molecular weight is 147 g/mol. The number of rotatable bonds is 2. The SMILES string of the molecule is CO[SiH2]C1=NCCS1. The van der Waals surface area contributed by atoms with Crippen LogP contribution < -0.4 is 0 Å². The monoisotopic (exact) mass is 147 g/mol. The lowest BCUT2D eigenvalue weighted by Gasteiger charge is -1.91. The Bertz CT molecular complexity index is 106. The standard InChI is InChI=1S/C4H9NOSSi/c1-6-8-4-5-2-3-7-4/h2-3,8H2,1H3. The Morgan fingerprint density at radius 1 is 1.88 bits per heavy atom. The van der Waals surface area contributed by atoms with Crippen LogP contribution in [0.4, 0.5) is 0 Å². The molecule has 0 saturated heterocycles. The smallest absolute Gasteiger partial charge is 0.219 e. The Balaban J connectivity index is 2.23. The van der Waals surface area contributed by atoms with Gasteiger partial charge in [0.25, 0.3) is 0 Å². The van der Waals surface area contributed by atoms with Crippen molar-refractivity contribution in [1.82, 2.24) is 0 Å².